The van der Waals surface area contributed by atoms with E-state index in [0.717, 1.165) is 57.3 Å². The molecule has 0 spiro atoms. The maximum atomic E-state index is 5.52. The Morgan fingerprint density at radius 2 is 1.88 bits per heavy atom. The third-order valence-corrected chi connectivity index (χ3v) is 5.97. The second kappa shape index (κ2) is 9.90. The molecule has 150 valence electrons. The quantitative estimate of drug-likeness (QED) is 0.503. The number of hydrogen-bond acceptors (Lipinski definition) is 4. The summed E-state index contributed by atoms with van der Waals surface area (Å²) in [6.07, 6.45) is 5.37. The summed E-state index contributed by atoms with van der Waals surface area (Å²) >= 11 is 0. The highest BCUT2D eigenvalue weighted by Crippen LogP contribution is 2.31. The number of nitrogens with one attached hydrogen (secondary N) is 2. The minimum absolute atomic E-state index is 0.550. The number of morpholine rings is 1. The van der Waals surface area contributed by atoms with E-state index in [-0.39, 0.29) is 0 Å². The van der Waals surface area contributed by atoms with E-state index in [1.54, 1.807) is 0 Å². The van der Waals surface area contributed by atoms with E-state index >= 15 is 0 Å². The minimum Gasteiger partial charge on any atom is -0.379 e. The average molecular weight is 366 g/mol. The molecule has 0 aromatic heterocycles. The second-order valence-electron chi connectivity index (χ2n) is 8.65. The summed E-state index contributed by atoms with van der Waals surface area (Å²) < 4.78 is 5.52. The van der Waals surface area contributed by atoms with Gasteiger partial charge in [0.25, 0.3) is 0 Å². The van der Waals surface area contributed by atoms with Crippen LogP contribution in [0.25, 0.3) is 0 Å². The molecule has 6 nitrogen and oxygen atoms in total. The van der Waals surface area contributed by atoms with E-state index in [2.05, 4.69) is 39.3 Å². The van der Waals surface area contributed by atoms with Crippen LogP contribution in [0.5, 0.6) is 0 Å². The molecular weight excluding hydrogens is 326 g/mol. The predicted octanol–water partition coefficient (Wildman–Crippen LogP) is 1.38. The number of likely N-dealkylation sites (tertiary alicyclic amines) is 1. The first-order valence-corrected chi connectivity index (χ1v) is 10.7. The first-order valence-electron chi connectivity index (χ1n) is 10.7. The fraction of sp³-hybridized carbons (Fsp3) is 0.950. The van der Waals surface area contributed by atoms with Gasteiger partial charge in [-0.1, -0.05) is 13.8 Å². The van der Waals surface area contributed by atoms with Gasteiger partial charge in [-0.05, 0) is 44.1 Å². The monoisotopic (exact) mass is 365 g/mol. The molecule has 2 heterocycles. The summed E-state index contributed by atoms with van der Waals surface area (Å²) in [7, 11) is 1.88. The van der Waals surface area contributed by atoms with E-state index < -0.39 is 0 Å². The lowest BCUT2D eigenvalue weighted by molar-refractivity contribution is 0.0132. The van der Waals surface area contributed by atoms with Crippen molar-refractivity contribution in [2.24, 2.45) is 16.8 Å². The molecule has 3 rings (SSSR count). The summed E-state index contributed by atoms with van der Waals surface area (Å²) in [5.74, 6) is 2.42. The van der Waals surface area contributed by atoms with Crippen LogP contribution in [0.1, 0.15) is 39.5 Å². The molecule has 0 radical (unpaired) electrons. The van der Waals surface area contributed by atoms with E-state index in [4.69, 9.17) is 4.74 Å². The molecular formula is C20H39N5O. The Morgan fingerprint density at radius 3 is 2.54 bits per heavy atom. The summed E-state index contributed by atoms with van der Waals surface area (Å²) in [5.41, 5.74) is 0. The predicted molar refractivity (Wildman–Crippen MR) is 108 cm³/mol. The van der Waals surface area contributed by atoms with Crippen LogP contribution in [0, 0.1) is 11.8 Å². The van der Waals surface area contributed by atoms with Crippen molar-refractivity contribution in [3.05, 3.63) is 0 Å². The smallest absolute Gasteiger partial charge is 0.191 e. The number of aliphatic imine (C=N–C) groups is 1. The van der Waals surface area contributed by atoms with Crippen LogP contribution in [0.15, 0.2) is 4.99 Å². The molecule has 0 bridgehead atoms. The van der Waals surface area contributed by atoms with Crippen molar-refractivity contribution in [1.29, 1.82) is 0 Å². The van der Waals surface area contributed by atoms with Crippen molar-refractivity contribution < 1.29 is 4.74 Å². The Balaban J connectivity index is 1.40. The number of rotatable bonds is 8. The van der Waals surface area contributed by atoms with Crippen LogP contribution in [-0.2, 0) is 4.74 Å². The van der Waals surface area contributed by atoms with Crippen molar-refractivity contribution in [2.75, 3.05) is 59.5 Å². The Kier molecular flexibility index (Phi) is 7.58. The van der Waals surface area contributed by atoms with E-state index in [1.165, 1.54) is 38.8 Å². The maximum absolute atomic E-state index is 5.52. The van der Waals surface area contributed by atoms with Gasteiger partial charge in [-0.3, -0.25) is 9.89 Å². The Bertz CT molecular complexity index is 445. The summed E-state index contributed by atoms with van der Waals surface area (Å²) in [6.45, 7) is 13.0. The van der Waals surface area contributed by atoms with Crippen molar-refractivity contribution in [3.63, 3.8) is 0 Å². The van der Waals surface area contributed by atoms with Gasteiger partial charge < -0.3 is 20.3 Å². The van der Waals surface area contributed by atoms with Crippen LogP contribution >= 0.6 is 0 Å². The van der Waals surface area contributed by atoms with Crippen LogP contribution < -0.4 is 10.6 Å². The van der Waals surface area contributed by atoms with E-state index in [0.29, 0.717) is 12.0 Å². The first kappa shape index (κ1) is 19.9. The van der Waals surface area contributed by atoms with Crippen LogP contribution in [0.3, 0.4) is 0 Å². The van der Waals surface area contributed by atoms with Gasteiger partial charge in [0.15, 0.2) is 5.96 Å². The van der Waals surface area contributed by atoms with Gasteiger partial charge in [-0.25, -0.2) is 0 Å². The molecule has 6 heteroatoms. The highest BCUT2D eigenvalue weighted by atomic mass is 16.5. The van der Waals surface area contributed by atoms with Gasteiger partial charge in [0, 0.05) is 51.9 Å². The zero-order valence-corrected chi connectivity index (χ0v) is 17.0. The van der Waals surface area contributed by atoms with Crippen molar-refractivity contribution >= 4 is 5.96 Å². The lowest BCUT2D eigenvalue weighted by Crippen LogP contribution is -2.51. The van der Waals surface area contributed by atoms with Crippen molar-refractivity contribution in [3.8, 4) is 0 Å². The Morgan fingerprint density at radius 1 is 1.12 bits per heavy atom. The van der Waals surface area contributed by atoms with Crippen molar-refractivity contribution in [2.45, 2.75) is 51.6 Å². The number of guanidine groups is 1. The lowest BCUT2D eigenvalue weighted by Gasteiger charge is -2.35. The highest BCUT2D eigenvalue weighted by molar-refractivity contribution is 5.79. The fourth-order valence-corrected chi connectivity index (χ4v) is 4.32. The van der Waals surface area contributed by atoms with Gasteiger partial charge in [-0.15, -0.1) is 0 Å². The molecule has 2 atom stereocenters. The zero-order valence-electron chi connectivity index (χ0n) is 17.0. The van der Waals surface area contributed by atoms with Gasteiger partial charge in [0.1, 0.15) is 0 Å². The van der Waals surface area contributed by atoms with Gasteiger partial charge in [0.05, 0.1) is 13.2 Å². The zero-order chi connectivity index (χ0) is 18.4. The molecule has 0 amide bonds. The second-order valence-corrected chi connectivity index (χ2v) is 8.65. The van der Waals surface area contributed by atoms with E-state index in [1.807, 2.05) is 7.05 Å². The molecule has 0 aromatic carbocycles. The highest BCUT2D eigenvalue weighted by Gasteiger charge is 2.34. The molecule has 2 unspecified atom stereocenters. The van der Waals surface area contributed by atoms with Crippen molar-refractivity contribution in [1.82, 2.24) is 20.4 Å². The molecule has 2 aliphatic heterocycles. The number of ether oxygens (including phenoxy) is 1. The summed E-state index contributed by atoms with van der Waals surface area (Å²) in [5, 5.41) is 7.16. The maximum Gasteiger partial charge on any atom is 0.191 e. The van der Waals surface area contributed by atoms with Gasteiger partial charge in [0.2, 0.25) is 0 Å². The lowest BCUT2D eigenvalue weighted by atomic mass is 10.0. The third kappa shape index (κ3) is 6.10. The van der Waals surface area contributed by atoms with E-state index in [9.17, 15) is 0 Å². The summed E-state index contributed by atoms with van der Waals surface area (Å²) in [6, 6.07) is 1.46. The molecule has 1 saturated carbocycles. The normalized spacial score (nSPS) is 27.1. The fourth-order valence-electron chi connectivity index (χ4n) is 4.32. The molecule has 2 saturated heterocycles. The molecule has 1 aliphatic carbocycles. The standard InChI is InChI=1S/C20H39N5O/c1-16(2)12-19(24-8-10-26-11-9-24)14-23-20(21-3)22-13-17-6-7-25(15-17)18-4-5-18/h16-19H,4-15H2,1-3H3,(H2,21,22,23). The van der Waals surface area contributed by atoms with Gasteiger partial charge >= 0.3 is 0 Å². The minimum atomic E-state index is 0.550. The Labute approximate surface area is 159 Å². The SMILES string of the molecule is CN=C(NCC1CCN(C2CC2)C1)NCC(CC(C)C)N1CCOCC1. The molecule has 26 heavy (non-hydrogen) atoms. The number of hydrogen-bond donors (Lipinski definition) is 2. The molecule has 0 aromatic rings. The molecule has 3 fully saturated rings. The first-order chi connectivity index (χ1) is 12.7. The number of nitrogens with zero attached hydrogens (tertiary/aromatic N) is 3. The largest absolute Gasteiger partial charge is 0.379 e. The Hall–Kier alpha value is -0.850. The third-order valence-electron chi connectivity index (χ3n) is 5.97. The van der Waals surface area contributed by atoms with Gasteiger partial charge in [-0.2, -0.15) is 0 Å². The van der Waals surface area contributed by atoms with Crippen LogP contribution in [-0.4, -0.2) is 87.4 Å². The van der Waals surface area contributed by atoms with Crippen LogP contribution in [0.2, 0.25) is 0 Å². The molecule has 2 N–H and O–H groups in total. The molecule has 3 aliphatic rings. The van der Waals surface area contributed by atoms with Crippen LogP contribution in [0.4, 0.5) is 0 Å². The topological polar surface area (TPSA) is 52.1 Å². The summed E-state index contributed by atoms with van der Waals surface area (Å²) in [4.78, 5) is 9.71. The average Bonchev–Trinajstić information content (AvgIpc) is 3.40.